The number of aromatic nitrogens is 1. The molecule has 0 unspecified atom stereocenters. The Morgan fingerprint density at radius 1 is 1.08 bits per heavy atom. The van der Waals surface area contributed by atoms with Gasteiger partial charge in [-0.2, -0.15) is 4.73 Å². The fourth-order valence-corrected chi connectivity index (χ4v) is 2.23. The largest absolute Gasteiger partial charge is 0.619 e. The fourth-order valence-electron chi connectivity index (χ4n) is 2.23. The summed E-state index contributed by atoms with van der Waals surface area (Å²) in [5, 5.41) is 13.8. The van der Waals surface area contributed by atoms with Gasteiger partial charge in [0.2, 0.25) is 0 Å². The van der Waals surface area contributed by atoms with Gasteiger partial charge >= 0.3 is 0 Å². The molecule has 0 spiro atoms. The lowest BCUT2D eigenvalue weighted by Gasteiger charge is -2.09. The summed E-state index contributed by atoms with van der Waals surface area (Å²) < 4.78 is 19.3. The molecule has 126 valence electrons. The fraction of sp³-hybridized carbons (Fsp3) is 0.0526. The summed E-state index contributed by atoms with van der Waals surface area (Å²) >= 11 is 0. The number of rotatable bonds is 5. The van der Waals surface area contributed by atoms with Gasteiger partial charge in [0.1, 0.15) is 18.2 Å². The SMILES string of the molecule is O=C(Nc1cccc(COc2cccc(F)c2)c1)c1cc[n+]([O-])cc1. The molecule has 1 amide bonds. The summed E-state index contributed by atoms with van der Waals surface area (Å²) in [5.74, 6) is -0.241. The summed E-state index contributed by atoms with van der Waals surface area (Å²) in [6, 6.07) is 15.9. The van der Waals surface area contributed by atoms with Crippen molar-refractivity contribution in [3.8, 4) is 5.75 Å². The number of benzene rings is 2. The number of carbonyl (C=O) groups excluding carboxylic acids is 1. The average Bonchev–Trinajstić information content (AvgIpc) is 2.61. The van der Waals surface area contributed by atoms with E-state index in [2.05, 4.69) is 5.32 Å². The minimum Gasteiger partial charge on any atom is -0.619 e. The molecule has 3 aromatic rings. The summed E-state index contributed by atoms with van der Waals surface area (Å²) in [7, 11) is 0. The first-order valence-electron chi connectivity index (χ1n) is 7.58. The maximum atomic E-state index is 13.1. The van der Waals surface area contributed by atoms with Crippen molar-refractivity contribution in [2.75, 3.05) is 5.32 Å². The molecule has 1 N–H and O–H groups in total. The van der Waals surface area contributed by atoms with E-state index in [0.717, 1.165) is 5.56 Å². The number of pyridine rings is 1. The van der Waals surface area contributed by atoms with Crippen molar-refractivity contribution in [3.63, 3.8) is 0 Å². The molecule has 1 aromatic heterocycles. The van der Waals surface area contributed by atoms with E-state index in [9.17, 15) is 14.4 Å². The number of nitrogens with zero attached hydrogens (tertiary/aromatic N) is 1. The molecule has 0 aliphatic carbocycles. The van der Waals surface area contributed by atoms with Crippen LogP contribution in [0, 0.1) is 11.0 Å². The molecule has 0 aliphatic rings. The van der Waals surface area contributed by atoms with Gasteiger partial charge in [-0.05, 0) is 29.8 Å². The molecule has 0 aliphatic heterocycles. The lowest BCUT2D eigenvalue weighted by atomic mass is 10.2. The monoisotopic (exact) mass is 338 g/mol. The maximum absolute atomic E-state index is 13.1. The molecule has 0 saturated heterocycles. The van der Waals surface area contributed by atoms with Gasteiger partial charge in [0, 0.05) is 23.9 Å². The third kappa shape index (κ3) is 4.54. The Morgan fingerprint density at radius 2 is 1.84 bits per heavy atom. The molecule has 5 nitrogen and oxygen atoms in total. The molecular weight excluding hydrogens is 323 g/mol. The third-order valence-electron chi connectivity index (χ3n) is 3.45. The van der Waals surface area contributed by atoms with Crippen molar-refractivity contribution in [1.82, 2.24) is 0 Å². The number of anilines is 1. The highest BCUT2D eigenvalue weighted by molar-refractivity contribution is 6.04. The molecule has 3 rings (SSSR count). The van der Waals surface area contributed by atoms with Crippen LogP contribution < -0.4 is 14.8 Å². The van der Waals surface area contributed by atoms with Crippen LogP contribution in [0.2, 0.25) is 0 Å². The van der Waals surface area contributed by atoms with Gasteiger partial charge in [-0.25, -0.2) is 4.39 Å². The summed E-state index contributed by atoms with van der Waals surface area (Å²) in [6.07, 6.45) is 2.52. The predicted octanol–water partition coefficient (Wildman–Crippen LogP) is 3.29. The molecule has 0 radical (unpaired) electrons. The highest BCUT2D eigenvalue weighted by Crippen LogP contribution is 2.17. The minimum atomic E-state index is -0.360. The van der Waals surface area contributed by atoms with Crippen molar-refractivity contribution in [3.05, 3.63) is 95.2 Å². The second-order valence-electron chi connectivity index (χ2n) is 5.35. The maximum Gasteiger partial charge on any atom is 0.256 e. The van der Waals surface area contributed by atoms with Crippen molar-refractivity contribution in [1.29, 1.82) is 0 Å². The number of hydrogen-bond acceptors (Lipinski definition) is 3. The zero-order chi connectivity index (χ0) is 17.6. The van der Waals surface area contributed by atoms with E-state index in [-0.39, 0.29) is 18.3 Å². The second-order valence-corrected chi connectivity index (χ2v) is 5.35. The zero-order valence-corrected chi connectivity index (χ0v) is 13.2. The minimum absolute atomic E-state index is 0.245. The van der Waals surface area contributed by atoms with Gasteiger partial charge in [0.05, 0.1) is 5.56 Å². The summed E-state index contributed by atoms with van der Waals surface area (Å²) in [4.78, 5) is 12.2. The number of hydrogen-bond donors (Lipinski definition) is 1. The average molecular weight is 338 g/mol. The van der Waals surface area contributed by atoms with Crippen LogP contribution in [0.4, 0.5) is 10.1 Å². The number of halogens is 1. The Kier molecular flexibility index (Phi) is 4.89. The Morgan fingerprint density at radius 3 is 2.60 bits per heavy atom. The number of amides is 1. The topological polar surface area (TPSA) is 65.3 Å². The van der Waals surface area contributed by atoms with Crippen LogP contribution in [0.25, 0.3) is 0 Å². The number of nitrogens with one attached hydrogen (secondary N) is 1. The lowest BCUT2D eigenvalue weighted by Crippen LogP contribution is -2.25. The van der Waals surface area contributed by atoms with E-state index in [1.807, 2.05) is 6.07 Å². The van der Waals surface area contributed by atoms with Gasteiger partial charge in [-0.15, -0.1) is 0 Å². The first-order chi connectivity index (χ1) is 12.1. The standard InChI is InChI=1S/C19H15FN2O3/c20-16-4-2-6-18(12-16)25-13-14-3-1-5-17(11-14)21-19(23)15-7-9-22(24)10-8-15/h1-12H,13H2,(H,21,23). The van der Waals surface area contributed by atoms with Gasteiger partial charge in [-0.3, -0.25) is 4.79 Å². The number of carbonyl (C=O) groups is 1. The normalized spacial score (nSPS) is 10.3. The van der Waals surface area contributed by atoms with E-state index in [0.29, 0.717) is 21.7 Å². The van der Waals surface area contributed by atoms with E-state index in [1.165, 1.54) is 36.7 Å². The zero-order valence-electron chi connectivity index (χ0n) is 13.2. The first-order valence-corrected chi connectivity index (χ1v) is 7.58. The Labute approximate surface area is 143 Å². The van der Waals surface area contributed by atoms with Gasteiger partial charge in [0.15, 0.2) is 12.4 Å². The van der Waals surface area contributed by atoms with Crippen LogP contribution in [0.5, 0.6) is 5.75 Å². The van der Waals surface area contributed by atoms with E-state index >= 15 is 0 Å². The van der Waals surface area contributed by atoms with E-state index in [4.69, 9.17) is 4.74 Å². The van der Waals surface area contributed by atoms with Gasteiger partial charge < -0.3 is 15.3 Å². The molecule has 2 aromatic carbocycles. The quantitative estimate of drug-likeness (QED) is 0.573. The molecule has 1 heterocycles. The van der Waals surface area contributed by atoms with E-state index in [1.54, 1.807) is 30.3 Å². The highest BCUT2D eigenvalue weighted by Gasteiger charge is 2.08. The van der Waals surface area contributed by atoms with Crippen LogP contribution in [0.3, 0.4) is 0 Å². The van der Waals surface area contributed by atoms with Crippen LogP contribution >= 0.6 is 0 Å². The Hall–Kier alpha value is -3.41. The van der Waals surface area contributed by atoms with Crippen LogP contribution in [0.1, 0.15) is 15.9 Å². The van der Waals surface area contributed by atoms with Crippen LogP contribution in [0.15, 0.2) is 73.1 Å². The Balaban J connectivity index is 1.64. The number of ether oxygens (including phenoxy) is 1. The molecule has 0 bridgehead atoms. The van der Waals surface area contributed by atoms with Crippen molar-refractivity contribution in [2.24, 2.45) is 0 Å². The second kappa shape index (κ2) is 7.44. The Bertz CT molecular complexity index is 882. The molecule has 0 saturated carbocycles. The lowest BCUT2D eigenvalue weighted by molar-refractivity contribution is -0.605. The van der Waals surface area contributed by atoms with E-state index < -0.39 is 0 Å². The smallest absolute Gasteiger partial charge is 0.256 e. The molecule has 0 atom stereocenters. The first kappa shape index (κ1) is 16.4. The third-order valence-corrected chi connectivity index (χ3v) is 3.45. The van der Waals surface area contributed by atoms with Gasteiger partial charge in [0.25, 0.3) is 5.91 Å². The molecule has 0 fully saturated rings. The molecule has 25 heavy (non-hydrogen) atoms. The molecule has 6 heteroatoms. The van der Waals surface area contributed by atoms with Crippen LogP contribution in [-0.2, 0) is 6.61 Å². The van der Waals surface area contributed by atoms with Gasteiger partial charge in [-0.1, -0.05) is 18.2 Å². The van der Waals surface area contributed by atoms with Crippen molar-refractivity contribution in [2.45, 2.75) is 6.61 Å². The molecular formula is C19H15FN2O3. The van der Waals surface area contributed by atoms with Crippen LogP contribution in [-0.4, -0.2) is 5.91 Å². The summed E-state index contributed by atoms with van der Waals surface area (Å²) in [5.41, 5.74) is 1.81. The van der Waals surface area contributed by atoms with Crippen molar-refractivity contribution >= 4 is 11.6 Å². The predicted molar refractivity (Wildman–Crippen MR) is 90.5 cm³/mol. The van der Waals surface area contributed by atoms with Crippen molar-refractivity contribution < 1.29 is 18.7 Å². The summed E-state index contributed by atoms with van der Waals surface area (Å²) in [6.45, 7) is 0.245. The highest BCUT2D eigenvalue weighted by atomic mass is 19.1.